The van der Waals surface area contributed by atoms with E-state index in [4.69, 9.17) is 0 Å². The third-order valence-electron chi connectivity index (χ3n) is 2.43. The van der Waals surface area contributed by atoms with Crippen molar-refractivity contribution in [1.29, 1.82) is 0 Å². The predicted molar refractivity (Wildman–Crippen MR) is 68.6 cm³/mol. The molecule has 18 heavy (non-hydrogen) atoms. The van der Waals surface area contributed by atoms with E-state index in [0.29, 0.717) is 11.4 Å². The highest BCUT2D eigenvalue weighted by Crippen LogP contribution is 2.19. The summed E-state index contributed by atoms with van der Waals surface area (Å²) in [6.07, 6.45) is 1.50. The molecule has 2 heterocycles. The number of carbonyl (C=O) groups is 1. The van der Waals surface area contributed by atoms with Gasteiger partial charge in [0.05, 0.1) is 21.9 Å². The zero-order valence-electron chi connectivity index (χ0n) is 9.49. The van der Waals surface area contributed by atoms with E-state index in [1.807, 2.05) is 12.1 Å². The van der Waals surface area contributed by atoms with Crippen LogP contribution in [0.3, 0.4) is 0 Å². The summed E-state index contributed by atoms with van der Waals surface area (Å²) in [7, 11) is 1.69. The van der Waals surface area contributed by atoms with Crippen molar-refractivity contribution in [3.63, 3.8) is 0 Å². The summed E-state index contributed by atoms with van der Waals surface area (Å²) in [6.45, 7) is 0. The van der Waals surface area contributed by atoms with Crippen molar-refractivity contribution in [3.8, 4) is 0 Å². The second-order valence-corrected chi connectivity index (χ2v) is 4.59. The van der Waals surface area contributed by atoms with Crippen molar-refractivity contribution in [3.05, 3.63) is 35.5 Å². The number of hydrogen-bond acceptors (Lipinski definition) is 5. The smallest absolute Gasteiger partial charge is 0.256 e. The van der Waals surface area contributed by atoms with Gasteiger partial charge in [-0.3, -0.25) is 4.79 Å². The largest absolute Gasteiger partial charge is 0.304 e. The van der Waals surface area contributed by atoms with Gasteiger partial charge in [-0.1, -0.05) is 0 Å². The molecule has 0 atom stereocenters. The molecule has 0 saturated heterocycles. The quantitative estimate of drug-likeness (QED) is 0.760. The lowest BCUT2D eigenvalue weighted by Crippen LogP contribution is -2.12. The molecule has 7 heteroatoms. The third kappa shape index (κ3) is 1.95. The first-order chi connectivity index (χ1) is 8.72. The Morgan fingerprint density at radius 1 is 1.44 bits per heavy atom. The average Bonchev–Trinajstić information content (AvgIpc) is 2.96. The number of amides is 1. The van der Waals surface area contributed by atoms with E-state index < -0.39 is 0 Å². The number of aryl methyl sites for hydroxylation is 1. The van der Waals surface area contributed by atoms with E-state index in [1.165, 1.54) is 22.3 Å². The van der Waals surface area contributed by atoms with Crippen LogP contribution in [0.4, 0.5) is 5.82 Å². The number of nitrogens with one attached hydrogen (secondary N) is 1. The summed E-state index contributed by atoms with van der Waals surface area (Å²) >= 11 is 1.51. The molecule has 0 aliphatic heterocycles. The Kier molecular flexibility index (Phi) is 2.52. The number of aromatic nitrogens is 4. The molecule has 0 bridgehead atoms. The molecule has 0 unspecified atom stereocenters. The minimum absolute atomic E-state index is 0.203. The van der Waals surface area contributed by atoms with Crippen LogP contribution in [0.15, 0.2) is 29.9 Å². The maximum atomic E-state index is 12.0. The molecule has 3 rings (SSSR count). The van der Waals surface area contributed by atoms with Crippen LogP contribution in [0.1, 0.15) is 10.4 Å². The van der Waals surface area contributed by atoms with E-state index in [1.54, 1.807) is 18.6 Å². The van der Waals surface area contributed by atoms with Crippen molar-refractivity contribution in [2.45, 2.75) is 0 Å². The van der Waals surface area contributed by atoms with Gasteiger partial charge in [-0.25, -0.2) is 4.98 Å². The maximum Gasteiger partial charge on any atom is 0.256 e. The highest BCUT2D eigenvalue weighted by Gasteiger charge is 2.09. The van der Waals surface area contributed by atoms with Gasteiger partial charge in [0.15, 0.2) is 5.82 Å². The number of anilines is 1. The Hall–Kier alpha value is -2.28. The molecule has 1 aromatic carbocycles. The van der Waals surface area contributed by atoms with Crippen LogP contribution in [0.5, 0.6) is 0 Å². The molecule has 1 N–H and O–H groups in total. The Bertz CT molecular complexity index is 717. The average molecular weight is 259 g/mol. The fourth-order valence-electron chi connectivity index (χ4n) is 1.59. The standard InChI is InChI=1S/C11H9N5OS/c1-16-13-5-10(15-16)14-11(17)7-2-3-8-9(4-7)18-6-12-8/h2-6H,1H3,(H,14,15,17). The first-order valence-electron chi connectivity index (χ1n) is 5.23. The Morgan fingerprint density at radius 2 is 2.33 bits per heavy atom. The van der Waals surface area contributed by atoms with Crippen molar-refractivity contribution in [2.24, 2.45) is 7.05 Å². The lowest BCUT2D eigenvalue weighted by molar-refractivity contribution is 0.102. The van der Waals surface area contributed by atoms with Crippen LogP contribution in [-0.4, -0.2) is 25.9 Å². The van der Waals surface area contributed by atoms with E-state index in [2.05, 4.69) is 20.5 Å². The molecule has 0 fully saturated rings. The van der Waals surface area contributed by atoms with Crippen LogP contribution >= 0.6 is 11.3 Å². The first kappa shape index (κ1) is 10.8. The van der Waals surface area contributed by atoms with Crippen LogP contribution in [-0.2, 0) is 7.05 Å². The highest BCUT2D eigenvalue weighted by molar-refractivity contribution is 7.16. The number of fused-ring (bicyclic) bond motifs is 1. The summed E-state index contributed by atoms with van der Waals surface area (Å²) in [5, 5.41) is 10.6. The van der Waals surface area contributed by atoms with Crippen LogP contribution in [0.2, 0.25) is 0 Å². The van der Waals surface area contributed by atoms with Crippen molar-refractivity contribution in [2.75, 3.05) is 5.32 Å². The highest BCUT2D eigenvalue weighted by atomic mass is 32.1. The molecule has 90 valence electrons. The Morgan fingerprint density at radius 3 is 3.11 bits per heavy atom. The lowest BCUT2D eigenvalue weighted by Gasteiger charge is -2.01. The summed E-state index contributed by atoms with van der Waals surface area (Å²) in [5.41, 5.74) is 3.24. The van der Waals surface area contributed by atoms with E-state index in [0.717, 1.165) is 10.2 Å². The molecule has 0 saturated carbocycles. The van der Waals surface area contributed by atoms with Gasteiger partial charge < -0.3 is 5.32 Å². The van der Waals surface area contributed by atoms with Gasteiger partial charge in [0, 0.05) is 12.6 Å². The first-order valence-corrected chi connectivity index (χ1v) is 6.11. The van der Waals surface area contributed by atoms with Gasteiger partial charge in [-0.15, -0.1) is 16.4 Å². The molecule has 3 aromatic rings. The lowest BCUT2D eigenvalue weighted by atomic mass is 10.2. The number of carbonyl (C=O) groups excluding carboxylic acids is 1. The molecule has 6 nitrogen and oxygen atoms in total. The zero-order valence-corrected chi connectivity index (χ0v) is 10.3. The summed E-state index contributed by atoms with van der Waals surface area (Å²) in [5.74, 6) is 0.234. The second kappa shape index (κ2) is 4.19. The monoisotopic (exact) mass is 259 g/mol. The van der Waals surface area contributed by atoms with Crippen LogP contribution < -0.4 is 5.32 Å². The normalized spacial score (nSPS) is 10.7. The van der Waals surface area contributed by atoms with E-state index in [-0.39, 0.29) is 5.91 Å². The SMILES string of the molecule is Cn1ncc(NC(=O)c2ccc3ncsc3c2)n1. The minimum Gasteiger partial charge on any atom is -0.304 e. The van der Waals surface area contributed by atoms with Gasteiger partial charge in [-0.2, -0.15) is 9.90 Å². The molecular formula is C11H9N5OS. The Labute approximate surface area is 106 Å². The molecule has 1 amide bonds. The van der Waals surface area contributed by atoms with Gasteiger partial charge in [-0.05, 0) is 18.2 Å². The zero-order chi connectivity index (χ0) is 12.5. The van der Waals surface area contributed by atoms with Crippen molar-refractivity contribution in [1.82, 2.24) is 20.0 Å². The fraction of sp³-hybridized carbons (Fsp3) is 0.0909. The minimum atomic E-state index is -0.203. The third-order valence-corrected chi connectivity index (χ3v) is 3.23. The molecule has 0 spiro atoms. The number of nitrogens with zero attached hydrogens (tertiary/aromatic N) is 4. The molecule has 0 radical (unpaired) electrons. The maximum absolute atomic E-state index is 12.0. The summed E-state index contributed by atoms with van der Waals surface area (Å²) in [6, 6.07) is 5.39. The topological polar surface area (TPSA) is 72.7 Å². The van der Waals surface area contributed by atoms with Crippen LogP contribution in [0.25, 0.3) is 10.2 Å². The molecule has 0 aliphatic carbocycles. The van der Waals surface area contributed by atoms with Gasteiger partial charge in [0.25, 0.3) is 5.91 Å². The number of hydrogen-bond donors (Lipinski definition) is 1. The molecule has 0 aliphatic rings. The predicted octanol–water partition coefficient (Wildman–Crippen LogP) is 1.68. The van der Waals surface area contributed by atoms with Crippen molar-refractivity contribution < 1.29 is 4.79 Å². The van der Waals surface area contributed by atoms with Crippen molar-refractivity contribution >= 4 is 33.3 Å². The van der Waals surface area contributed by atoms with E-state index in [9.17, 15) is 4.79 Å². The molecular weight excluding hydrogens is 250 g/mol. The van der Waals surface area contributed by atoms with Gasteiger partial charge >= 0.3 is 0 Å². The number of thiazole rings is 1. The Balaban J connectivity index is 1.87. The summed E-state index contributed by atoms with van der Waals surface area (Å²) < 4.78 is 0.988. The van der Waals surface area contributed by atoms with Crippen LogP contribution in [0, 0.1) is 0 Å². The van der Waals surface area contributed by atoms with Gasteiger partial charge in [0.1, 0.15) is 0 Å². The second-order valence-electron chi connectivity index (χ2n) is 3.71. The number of rotatable bonds is 2. The summed E-state index contributed by atoms with van der Waals surface area (Å²) in [4.78, 5) is 17.5. The molecule has 2 aromatic heterocycles. The number of benzene rings is 1. The van der Waals surface area contributed by atoms with E-state index >= 15 is 0 Å². The fourth-order valence-corrected chi connectivity index (χ4v) is 2.30. The van der Waals surface area contributed by atoms with Gasteiger partial charge in [0.2, 0.25) is 0 Å².